The zero-order valence-electron chi connectivity index (χ0n) is 10.00. The van der Waals surface area contributed by atoms with Crippen LogP contribution in [-0.2, 0) is 4.74 Å². The molecule has 0 aliphatic carbocycles. The molecule has 1 fully saturated rings. The molecule has 6 heteroatoms. The first-order chi connectivity index (χ1) is 8.59. The van der Waals surface area contributed by atoms with Crippen LogP contribution in [0.2, 0.25) is 0 Å². The average Bonchev–Trinajstić information content (AvgIpc) is 2.38. The molecule has 1 aromatic rings. The average molecular weight is 250 g/mol. The molecule has 1 unspecified atom stereocenters. The van der Waals surface area contributed by atoms with Crippen molar-refractivity contribution in [1.29, 1.82) is 0 Å². The van der Waals surface area contributed by atoms with Crippen molar-refractivity contribution in [3.63, 3.8) is 0 Å². The molecule has 0 aromatic carbocycles. The summed E-state index contributed by atoms with van der Waals surface area (Å²) in [6, 6.07) is 2.88. The molecule has 1 aromatic heterocycles. The van der Waals surface area contributed by atoms with Crippen molar-refractivity contribution < 1.29 is 19.4 Å². The summed E-state index contributed by atoms with van der Waals surface area (Å²) in [5.41, 5.74) is -0.0826. The highest BCUT2D eigenvalue weighted by Crippen LogP contribution is 2.12. The van der Waals surface area contributed by atoms with Gasteiger partial charge in [0.1, 0.15) is 5.69 Å². The first-order valence-corrected chi connectivity index (χ1v) is 5.69. The Balaban J connectivity index is 2.25. The van der Waals surface area contributed by atoms with Crippen molar-refractivity contribution >= 4 is 11.9 Å². The lowest BCUT2D eigenvalue weighted by Gasteiger charge is -2.31. The molecule has 1 saturated heterocycles. The van der Waals surface area contributed by atoms with Crippen LogP contribution < -0.4 is 0 Å². The number of carboxylic acid groups (broad SMARTS) is 1. The molecule has 18 heavy (non-hydrogen) atoms. The molecule has 2 rings (SSSR count). The molecule has 96 valence electrons. The van der Waals surface area contributed by atoms with Crippen molar-refractivity contribution in [3.05, 3.63) is 29.6 Å². The van der Waals surface area contributed by atoms with E-state index < -0.39 is 5.97 Å². The lowest BCUT2D eigenvalue weighted by molar-refractivity contribution is -0.0127. The Labute approximate surface area is 104 Å². The van der Waals surface area contributed by atoms with Gasteiger partial charge in [-0.25, -0.2) is 4.79 Å². The third-order valence-corrected chi connectivity index (χ3v) is 2.77. The van der Waals surface area contributed by atoms with Gasteiger partial charge < -0.3 is 14.7 Å². The van der Waals surface area contributed by atoms with Crippen LogP contribution in [0.4, 0.5) is 0 Å². The van der Waals surface area contributed by atoms with Crippen LogP contribution in [0, 0.1) is 0 Å². The predicted molar refractivity (Wildman–Crippen MR) is 62.5 cm³/mol. The van der Waals surface area contributed by atoms with Gasteiger partial charge in [0.05, 0.1) is 18.3 Å². The van der Waals surface area contributed by atoms with E-state index >= 15 is 0 Å². The second kappa shape index (κ2) is 5.14. The van der Waals surface area contributed by atoms with Gasteiger partial charge in [0.25, 0.3) is 5.91 Å². The van der Waals surface area contributed by atoms with Gasteiger partial charge in [-0.05, 0) is 19.1 Å². The third kappa shape index (κ3) is 2.48. The zero-order chi connectivity index (χ0) is 13.1. The van der Waals surface area contributed by atoms with Crippen molar-refractivity contribution in [2.75, 3.05) is 19.7 Å². The number of aromatic carboxylic acids is 1. The summed E-state index contributed by atoms with van der Waals surface area (Å²) in [7, 11) is 0. The molecule has 1 N–H and O–H groups in total. The van der Waals surface area contributed by atoms with Crippen LogP contribution in [0.25, 0.3) is 0 Å². The van der Waals surface area contributed by atoms with E-state index in [1.54, 1.807) is 4.90 Å². The first kappa shape index (κ1) is 12.5. The van der Waals surface area contributed by atoms with Crippen molar-refractivity contribution in [2.24, 2.45) is 0 Å². The number of pyridine rings is 1. The quantitative estimate of drug-likeness (QED) is 0.833. The first-order valence-electron chi connectivity index (χ1n) is 5.69. The van der Waals surface area contributed by atoms with Crippen LogP contribution >= 0.6 is 0 Å². The second-order valence-corrected chi connectivity index (χ2v) is 4.14. The summed E-state index contributed by atoms with van der Waals surface area (Å²) >= 11 is 0. The Morgan fingerprint density at radius 3 is 3.00 bits per heavy atom. The minimum absolute atomic E-state index is 0.0147. The van der Waals surface area contributed by atoms with E-state index in [2.05, 4.69) is 4.98 Å². The largest absolute Gasteiger partial charge is 0.478 e. The highest BCUT2D eigenvalue weighted by Gasteiger charge is 2.26. The van der Waals surface area contributed by atoms with Crippen molar-refractivity contribution in [1.82, 2.24) is 9.88 Å². The normalized spacial score (nSPS) is 19.6. The summed E-state index contributed by atoms with van der Waals surface area (Å²) in [6.45, 7) is 3.24. The lowest BCUT2D eigenvalue weighted by atomic mass is 10.1. The number of morpholine rings is 1. The molecule has 0 radical (unpaired) electrons. The number of hydrogen-bond donors (Lipinski definition) is 1. The monoisotopic (exact) mass is 250 g/mol. The smallest absolute Gasteiger partial charge is 0.338 e. The second-order valence-electron chi connectivity index (χ2n) is 4.14. The maximum absolute atomic E-state index is 12.2. The standard InChI is InChI=1S/C12H14N2O4/c1-8-7-14(5-6-18-8)11(15)10-9(12(16)17)3-2-4-13-10/h2-4,8H,5-7H2,1H3,(H,16,17). The Morgan fingerprint density at radius 2 is 2.33 bits per heavy atom. The summed E-state index contributed by atoms with van der Waals surface area (Å²) < 4.78 is 5.34. The van der Waals surface area contributed by atoms with Crippen molar-refractivity contribution in [2.45, 2.75) is 13.0 Å². The van der Waals surface area contributed by atoms with Crippen LogP contribution in [0.5, 0.6) is 0 Å². The molecule has 6 nitrogen and oxygen atoms in total. The molecular formula is C12H14N2O4. The van der Waals surface area contributed by atoms with Crippen LogP contribution in [0.1, 0.15) is 27.8 Å². The van der Waals surface area contributed by atoms with Crippen LogP contribution in [-0.4, -0.2) is 52.7 Å². The summed E-state index contributed by atoms with van der Waals surface area (Å²) in [6.07, 6.45) is 1.38. The molecule has 1 amide bonds. The van der Waals surface area contributed by atoms with Crippen LogP contribution in [0.3, 0.4) is 0 Å². The molecule has 0 saturated carbocycles. The molecule has 1 aliphatic rings. The van der Waals surface area contributed by atoms with E-state index in [4.69, 9.17) is 9.84 Å². The Morgan fingerprint density at radius 1 is 1.56 bits per heavy atom. The number of nitrogens with zero attached hydrogens (tertiary/aromatic N) is 2. The van der Waals surface area contributed by atoms with E-state index in [0.717, 1.165) is 0 Å². The van der Waals surface area contributed by atoms with Gasteiger partial charge in [-0.2, -0.15) is 0 Å². The third-order valence-electron chi connectivity index (χ3n) is 2.77. The van der Waals surface area contributed by atoms with Crippen molar-refractivity contribution in [3.8, 4) is 0 Å². The minimum Gasteiger partial charge on any atom is -0.478 e. The summed E-state index contributed by atoms with van der Waals surface area (Å²) in [5, 5.41) is 9.03. The number of amides is 1. The van der Waals surface area contributed by atoms with Gasteiger partial charge >= 0.3 is 5.97 Å². The number of aromatic nitrogens is 1. The fraction of sp³-hybridized carbons (Fsp3) is 0.417. The lowest BCUT2D eigenvalue weighted by Crippen LogP contribution is -2.45. The SMILES string of the molecule is CC1CN(C(=O)c2ncccc2C(=O)O)CCO1. The van der Waals surface area contributed by atoms with Gasteiger partial charge in [-0.3, -0.25) is 9.78 Å². The highest BCUT2D eigenvalue weighted by atomic mass is 16.5. The number of ether oxygens (including phenoxy) is 1. The Bertz CT molecular complexity index is 475. The van der Waals surface area contributed by atoms with Gasteiger partial charge in [0.2, 0.25) is 0 Å². The number of rotatable bonds is 2. The molecule has 2 heterocycles. The maximum Gasteiger partial charge on any atom is 0.338 e. The van der Waals surface area contributed by atoms with E-state index in [9.17, 15) is 9.59 Å². The number of carboxylic acids is 1. The number of hydrogen-bond acceptors (Lipinski definition) is 4. The van der Waals surface area contributed by atoms with Gasteiger partial charge in [-0.15, -0.1) is 0 Å². The number of carbonyl (C=O) groups is 2. The highest BCUT2D eigenvalue weighted by molar-refractivity contribution is 6.03. The fourth-order valence-corrected chi connectivity index (χ4v) is 1.90. The van der Waals surface area contributed by atoms with Gasteiger partial charge in [0, 0.05) is 19.3 Å². The molecule has 1 aliphatic heterocycles. The van der Waals surface area contributed by atoms with Gasteiger partial charge in [-0.1, -0.05) is 0 Å². The molecule has 0 spiro atoms. The van der Waals surface area contributed by atoms with E-state index in [0.29, 0.717) is 19.7 Å². The predicted octanol–water partition coefficient (Wildman–Crippen LogP) is 0.641. The van der Waals surface area contributed by atoms with E-state index in [1.165, 1.54) is 18.3 Å². The van der Waals surface area contributed by atoms with E-state index in [-0.39, 0.29) is 23.3 Å². The summed E-state index contributed by atoms with van der Waals surface area (Å²) in [4.78, 5) is 28.7. The fourth-order valence-electron chi connectivity index (χ4n) is 1.90. The molecule has 0 bridgehead atoms. The Hall–Kier alpha value is -1.95. The van der Waals surface area contributed by atoms with Gasteiger partial charge in [0.15, 0.2) is 0 Å². The molecular weight excluding hydrogens is 236 g/mol. The summed E-state index contributed by atoms with van der Waals surface area (Å²) in [5.74, 6) is -1.50. The Kier molecular flexibility index (Phi) is 3.57. The maximum atomic E-state index is 12.2. The van der Waals surface area contributed by atoms with Crippen LogP contribution in [0.15, 0.2) is 18.3 Å². The zero-order valence-corrected chi connectivity index (χ0v) is 10.00. The molecule has 1 atom stereocenters. The minimum atomic E-state index is -1.15. The topological polar surface area (TPSA) is 79.7 Å². The van der Waals surface area contributed by atoms with E-state index in [1.807, 2.05) is 6.92 Å². The number of carbonyl (C=O) groups excluding carboxylic acids is 1.